The Hall–Kier alpha value is -3.92. The molecule has 0 amide bonds. The maximum atomic E-state index is 10.2. The van der Waals surface area contributed by atoms with Crippen molar-refractivity contribution >= 4 is 16.6 Å². The van der Waals surface area contributed by atoms with Gasteiger partial charge in [0.05, 0.1) is 11.6 Å². The lowest BCUT2D eigenvalue weighted by Gasteiger charge is -2.20. The first kappa shape index (κ1) is 22.9. The maximum absolute atomic E-state index is 10.2. The van der Waals surface area contributed by atoms with E-state index in [0.717, 1.165) is 45.9 Å². The number of hydrogen-bond donors (Lipinski definition) is 2. The lowest BCUT2D eigenvalue weighted by atomic mass is 9.98. The second kappa shape index (κ2) is 9.75. The number of aliphatic hydroxyl groups excluding tert-OH is 1. The Morgan fingerprint density at radius 1 is 1.11 bits per heavy atom. The minimum Gasteiger partial charge on any atom is -0.485 e. The Morgan fingerprint density at radius 3 is 2.77 bits per heavy atom. The molecule has 3 aromatic carbocycles. The number of nitrogens with two attached hydrogens (primary N) is 1. The average molecular weight is 466 g/mol. The van der Waals surface area contributed by atoms with Crippen LogP contribution in [-0.4, -0.2) is 23.0 Å². The van der Waals surface area contributed by atoms with E-state index in [4.69, 9.17) is 15.2 Å². The SMILES string of the molecule is CCOC(O)Cc1ccc(C#N)cc1O[C@@H]1CCc2ccc(-c3ccc4ccnc(N)c4c3)cc21. The second-order valence-electron chi connectivity index (χ2n) is 8.74. The number of nitriles is 1. The molecule has 1 aromatic heterocycles. The highest BCUT2D eigenvalue weighted by atomic mass is 16.6. The summed E-state index contributed by atoms with van der Waals surface area (Å²) in [7, 11) is 0. The molecular formula is C29H27N3O3. The van der Waals surface area contributed by atoms with Gasteiger partial charge in [0.2, 0.25) is 0 Å². The summed E-state index contributed by atoms with van der Waals surface area (Å²) in [5, 5.41) is 21.6. The van der Waals surface area contributed by atoms with Gasteiger partial charge in [0.15, 0.2) is 6.29 Å². The molecule has 0 aliphatic heterocycles. The summed E-state index contributed by atoms with van der Waals surface area (Å²) in [5.41, 5.74) is 12.0. The molecule has 2 atom stereocenters. The average Bonchev–Trinajstić information content (AvgIpc) is 3.27. The van der Waals surface area contributed by atoms with Gasteiger partial charge in [-0.05, 0) is 83.3 Å². The van der Waals surface area contributed by atoms with Crippen molar-refractivity contribution in [1.82, 2.24) is 4.98 Å². The van der Waals surface area contributed by atoms with Gasteiger partial charge in [0.1, 0.15) is 17.7 Å². The second-order valence-corrected chi connectivity index (χ2v) is 8.74. The molecule has 4 aromatic rings. The fourth-order valence-corrected chi connectivity index (χ4v) is 4.73. The molecule has 1 heterocycles. The van der Waals surface area contributed by atoms with Crippen LogP contribution in [0.1, 0.15) is 41.7 Å². The number of rotatable bonds is 7. The van der Waals surface area contributed by atoms with Crippen LogP contribution in [0.5, 0.6) is 5.75 Å². The first-order valence-electron chi connectivity index (χ1n) is 11.8. The maximum Gasteiger partial charge on any atom is 0.158 e. The van der Waals surface area contributed by atoms with Gasteiger partial charge in [-0.25, -0.2) is 4.98 Å². The van der Waals surface area contributed by atoms with Crippen LogP contribution in [0, 0.1) is 11.3 Å². The van der Waals surface area contributed by atoms with Gasteiger partial charge in [-0.2, -0.15) is 5.26 Å². The van der Waals surface area contributed by atoms with Gasteiger partial charge in [0, 0.05) is 24.6 Å². The van der Waals surface area contributed by atoms with Gasteiger partial charge in [0.25, 0.3) is 0 Å². The van der Waals surface area contributed by atoms with E-state index in [-0.39, 0.29) is 6.10 Å². The molecule has 0 bridgehead atoms. The van der Waals surface area contributed by atoms with Crippen LogP contribution < -0.4 is 10.5 Å². The third-order valence-corrected chi connectivity index (χ3v) is 6.52. The molecule has 1 aliphatic carbocycles. The molecule has 0 saturated carbocycles. The fourth-order valence-electron chi connectivity index (χ4n) is 4.73. The lowest BCUT2D eigenvalue weighted by molar-refractivity contribution is -0.0931. The van der Waals surface area contributed by atoms with Crippen molar-refractivity contribution in [2.75, 3.05) is 12.3 Å². The van der Waals surface area contributed by atoms with E-state index in [1.54, 1.807) is 18.3 Å². The molecule has 35 heavy (non-hydrogen) atoms. The summed E-state index contributed by atoms with van der Waals surface area (Å²) in [6, 6.07) is 22.2. The summed E-state index contributed by atoms with van der Waals surface area (Å²) in [4.78, 5) is 4.22. The molecule has 0 saturated heterocycles. The molecular weight excluding hydrogens is 438 g/mol. The fraction of sp³-hybridized carbons (Fsp3) is 0.241. The van der Waals surface area contributed by atoms with Crippen LogP contribution in [-0.2, 0) is 17.6 Å². The third-order valence-electron chi connectivity index (χ3n) is 6.52. The van der Waals surface area contributed by atoms with Crippen LogP contribution in [0.3, 0.4) is 0 Å². The summed E-state index contributed by atoms with van der Waals surface area (Å²) in [6.07, 6.45) is 2.71. The van der Waals surface area contributed by atoms with Crippen molar-refractivity contribution < 1.29 is 14.6 Å². The lowest BCUT2D eigenvalue weighted by Crippen LogP contribution is -2.16. The van der Waals surface area contributed by atoms with E-state index in [9.17, 15) is 10.4 Å². The van der Waals surface area contributed by atoms with E-state index in [1.165, 1.54) is 5.56 Å². The molecule has 0 radical (unpaired) electrons. The van der Waals surface area contributed by atoms with Crippen LogP contribution in [0.4, 0.5) is 5.82 Å². The van der Waals surface area contributed by atoms with Gasteiger partial charge in [-0.15, -0.1) is 0 Å². The largest absolute Gasteiger partial charge is 0.485 e. The zero-order valence-electron chi connectivity index (χ0n) is 19.6. The van der Waals surface area contributed by atoms with Gasteiger partial charge in [-0.3, -0.25) is 0 Å². The number of aromatic nitrogens is 1. The topological polar surface area (TPSA) is 101 Å². The molecule has 0 spiro atoms. The van der Waals surface area contributed by atoms with Crippen LogP contribution in [0.25, 0.3) is 21.9 Å². The van der Waals surface area contributed by atoms with Crippen LogP contribution >= 0.6 is 0 Å². The van der Waals surface area contributed by atoms with E-state index in [2.05, 4.69) is 47.5 Å². The summed E-state index contributed by atoms with van der Waals surface area (Å²) in [6.45, 7) is 2.26. The van der Waals surface area contributed by atoms with E-state index >= 15 is 0 Å². The molecule has 6 nitrogen and oxygen atoms in total. The first-order valence-corrected chi connectivity index (χ1v) is 11.8. The van der Waals surface area contributed by atoms with Crippen molar-refractivity contribution in [1.29, 1.82) is 5.26 Å². The van der Waals surface area contributed by atoms with Crippen LogP contribution in [0.15, 0.2) is 66.9 Å². The molecule has 3 N–H and O–H groups in total. The van der Waals surface area contributed by atoms with E-state index < -0.39 is 6.29 Å². The number of benzene rings is 3. The highest BCUT2D eigenvalue weighted by molar-refractivity contribution is 5.94. The van der Waals surface area contributed by atoms with Gasteiger partial charge >= 0.3 is 0 Å². The Bertz CT molecular complexity index is 1430. The molecule has 5 rings (SSSR count). The van der Waals surface area contributed by atoms with Crippen molar-refractivity contribution in [3.63, 3.8) is 0 Å². The normalized spacial score (nSPS) is 15.5. The Kier molecular flexibility index (Phi) is 6.37. The van der Waals surface area contributed by atoms with Gasteiger partial charge < -0.3 is 20.3 Å². The zero-order valence-corrected chi connectivity index (χ0v) is 19.6. The standard InChI is InChI=1S/C29H27N3O3/c1-2-34-28(33)16-23-4-3-18(17-30)13-27(23)35-26-10-9-19-5-7-21(14-24(19)26)22-8-6-20-11-12-32-29(31)25(20)15-22/h3-8,11-15,26,28,33H,2,9-10,16H2,1H3,(H2,31,32)/t26-,28?/m1/s1. The number of nitrogen functional groups attached to an aromatic ring is 1. The number of fused-ring (bicyclic) bond motifs is 2. The molecule has 176 valence electrons. The van der Waals surface area contributed by atoms with Crippen molar-refractivity contribution in [3.05, 3.63) is 89.1 Å². The Balaban J connectivity index is 1.46. The minimum absolute atomic E-state index is 0.144. The van der Waals surface area contributed by atoms with Gasteiger partial charge in [-0.1, -0.05) is 30.3 Å². The van der Waals surface area contributed by atoms with Crippen LogP contribution in [0.2, 0.25) is 0 Å². The highest BCUT2D eigenvalue weighted by Gasteiger charge is 2.26. The molecule has 1 aliphatic rings. The molecule has 1 unspecified atom stereocenters. The number of aryl methyl sites for hydroxylation is 1. The number of aliphatic hydroxyl groups is 1. The number of ether oxygens (including phenoxy) is 2. The van der Waals surface area contributed by atoms with Crippen molar-refractivity contribution in [2.24, 2.45) is 0 Å². The number of pyridine rings is 1. The minimum atomic E-state index is -0.924. The van der Waals surface area contributed by atoms with E-state index in [0.29, 0.717) is 30.2 Å². The number of anilines is 1. The Morgan fingerprint density at radius 2 is 1.94 bits per heavy atom. The van der Waals surface area contributed by atoms with Crippen molar-refractivity contribution in [3.8, 4) is 22.9 Å². The summed E-state index contributed by atoms with van der Waals surface area (Å²) < 4.78 is 11.8. The predicted molar refractivity (Wildman–Crippen MR) is 136 cm³/mol. The van der Waals surface area contributed by atoms with E-state index in [1.807, 2.05) is 19.1 Å². The third kappa shape index (κ3) is 4.69. The van der Waals surface area contributed by atoms with Crippen molar-refractivity contribution in [2.45, 2.75) is 38.6 Å². The monoisotopic (exact) mass is 465 g/mol. The zero-order chi connectivity index (χ0) is 24.4. The number of nitrogens with zero attached hydrogens (tertiary/aromatic N) is 2. The quantitative estimate of drug-likeness (QED) is 0.358. The summed E-state index contributed by atoms with van der Waals surface area (Å²) in [5.74, 6) is 1.13. The highest BCUT2D eigenvalue weighted by Crippen LogP contribution is 2.39. The first-order chi connectivity index (χ1) is 17.1. The smallest absolute Gasteiger partial charge is 0.158 e. The summed E-state index contributed by atoms with van der Waals surface area (Å²) >= 11 is 0. The molecule has 0 fully saturated rings. The predicted octanol–water partition coefficient (Wildman–Crippen LogP) is 5.32. The number of hydrogen-bond acceptors (Lipinski definition) is 6. The Labute approximate surface area is 204 Å². The molecule has 6 heteroatoms.